The van der Waals surface area contributed by atoms with Gasteiger partial charge in [-0.25, -0.2) is 8.42 Å². The Bertz CT molecular complexity index is 1410. The van der Waals surface area contributed by atoms with Crippen molar-refractivity contribution in [1.82, 2.24) is 4.98 Å². The van der Waals surface area contributed by atoms with Crippen LogP contribution in [0.1, 0.15) is 16.7 Å². The number of aryl methyl sites for hydroxylation is 3. The second-order valence-corrected chi connectivity index (χ2v) is 10.8. The highest BCUT2D eigenvalue weighted by Gasteiger charge is 2.29. The first-order valence-electron chi connectivity index (χ1n) is 10.6. The Morgan fingerprint density at radius 1 is 0.912 bits per heavy atom. The molecule has 8 heteroatoms. The number of hydrogen-bond acceptors (Lipinski definition) is 6. The van der Waals surface area contributed by atoms with Gasteiger partial charge >= 0.3 is 0 Å². The van der Waals surface area contributed by atoms with Crippen molar-refractivity contribution in [2.75, 3.05) is 11.1 Å². The summed E-state index contributed by atoms with van der Waals surface area (Å²) in [5.41, 5.74) is 4.36. The van der Waals surface area contributed by atoms with Gasteiger partial charge in [-0.1, -0.05) is 53.7 Å². The Morgan fingerprint density at radius 2 is 1.56 bits per heavy atom. The van der Waals surface area contributed by atoms with Crippen LogP contribution in [0.4, 0.5) is 5.69 Å². The molecular formula is C26H24N2O4S2. The van der Waals surface area contributed by atoms with E-state index >= 15 is 0 Å². The fraction of sp³-hybridized carbons (Fsp3) is 0.154. The average molecular weight is 493 g/mol. The van der Waals surface area contributed by atoms with Gasteiger partial charge < -0.3 is 9.73 Å². The number of benzene rings is 3. The van der Waals surface area contributed by atoms with Crippen LogP contribution in [0.25, 0.3) is 11.5 Å². The molecule has 1 heterocycles. The Morgan fingerprint density at radius 3 is 2.21 bits per heavy atom. The molecule has 0 unspecified atom stereocenters. The minimum atomic E-state index is -3.95. The van der Waals surface area contributed by atoms with Crippen LogP contribution in [0.2, 0.25) is 0 Å². The summed E-state index contributed by atoms with van der Waals surface area (Å²) >= 11 is 1.00. The van der Waals surface area contributed by atoms with Crippen LogP contribution in [-0.4, -0.2) is 25.1 Å². The molecule has 0 fully saturated rings. The van der Waals surface area contributed by atoms with E-state index < -0.39 is 9.84 Å². The highest BCUT2D eigenvalue weighted by atomic mass is 32.2. The molecule has 0 radical (unpaired) electrons. The van der Waals surface area contributed by atoms with Crippen molar-refractivity contribution in [3.63, 3.8) is 0 Å². The third kappa shape index (κ3) is 5.40. The van der Waals surface area contributed by atoms with Crippen molar-refractivity contribution in [3.8, 4) is 11.5 Å². The number of aromatic nitrogens is 1. The molecule has 0 saturated heterocycles. The molecule has 0 bridgehead atoms. The average Bonchev–Trinajstić information content (AvgIpc) is 3.23. The van der Waals surface area contributed by atoms with E-state index in [-0.39, 0.29) is 32.6 Å². The Hall–Kier alpha value is -3.36. The molecule has 4 rings (SSSR count). The summed E-state index contributed by atoms with van der Waals surface area (Å²) in [6, 6.07) is 21.4. The van der Waals surface area contributed by atoms with Crippen molar-refractivity contribution in [3.05, 3.63) is 89.5 Å². The maximum Gasteiger partial charge on any atom is 0.234 e. The topological polar surface area (TPSA) is 89.3 Å². The zero-order chi connectivity index (χ0) is 24.3. The number of anilines is 1. The molecular weight excluding hydrogens is 468 g/mol. The molecule has 6 nitrogen and oxygen atoms in total. The second-order valence-electron chi connectivity index (χ2n) is 8.01. The van der Waals surface area contributed by atoms with E-state index in [9.17, 15) is 13.2 Å². The van der Waals surface area contributed by atoms with E-state index in [0.29, 0.717) is 11.3 Å². The van der Waals surface area contributed by atoms with E-state index in [1.165, 1.54) is 0 Å². The number of thioether (sulfide) groups is 1. The molecule has 0 aliphatic rings. The molecule has 34 heavy (non-hydrogen) atoms. The summed E-state index contributed by atoms with van der Waals surface area (Å²) in [6.07, 6.45) is 0. The summed E-state index contributed by atoms with van der Waals surface area (Å²) in [5.74, 6) is -0.123. The van der Waals surface area contributed by atoms with E-state index in [0.717, 1.165) is 28.5 Å². The largest absolute Gasteiger partial charge is 0.428 e. The monoisotopic (exact) mass is 492 g/mol. The normalized spacial score (nSPS) is 11.4. The SMILES string of the molecule is Cc1ccc(S(=O)(=O)c2nc(-c3ccccc3)oc2SCC(=O)Nc2cc(C)cc(C)c2)cc1. The summed E-state index contributed by atoms with van der Waals surface area (Å²) < 4.78 is 32.6. The van der Waals surface area contributed by atoms with Gasteiger partial charge in [-0.15, -0.1) is 0 Å². The zero-order valence-electron chi connectivity index (χ0n) is 19.0. The van der Waals surface area contributed by atoms with Gasteiger partial charge in [-0.2, -0.15) is 4.98 Å². The molecule has 0 aliphatic heterocycles. The van der Waals surface area contributed by atoms with Crippen LogP contribution in [0.3, 0.4) is 0 Å². The zero-order valence-corrected chi connectivity index (χ0v) is 20.7. The fourth-order valence-corrected chi connectivity index (χ4v) is 5.79. The standard InChI is InChI=1S/C26H24N2O4S2/c1-17-9-11-22(12-10-17)34(30,31)25-26(32-24(28-25)20-7-5-4-6-8-20)33-16-23(29)27-21-14-18(2)13-19(3)15-21/h4-15H,16H2,1-3H3,(H,27,29). The molecule has 0 spiro atoms. The smallest absolute Gasteiger partial charge is 0.234 e. The van der Waals surface area contributed by atoms with Crippen LogP contribution in [0.5, 0.6) is 0 Å². The first kappa shape index (κ1) is 23.8. The molecule has 0 saturated carbocycles. The molecule has 1 N–H and O–H groups in total. The van der Waals surface area contributed by atoms with Gasteiger partial charge in [0.25, 0.3) is 0 Å². The molecule has 1 aromatic heterocycles. The first-order chi connectivity index (χ1) is 16.2. The van der Waals surface area contributed by atoms with E-state index in [1.807, 2.05) is 57.2 Å². The van der Waals surface area contributed by atoms with Crippen molar-refractivity contribution in [2.45, 2.75) is 35.8 Å². The number of amides is 1. The second kappa shape index (κ2) is 9.87. The van der Waals surface area contributed by atoms with Crippen LogP contribution >= 0.6 is 11.8 Å². The van der Waals surface area contributed by atoms with Gasteiger partial charge in [-0.3, -0.25) is 4.79 Å². The highest BCUT2D eigenvalue weighted by molar-refractivity contribution is 8.00. The fourth-order valence-electron chi connectivity index (χ4n) is 3.46. The number of nitrogens with zero attached hydrogens (tertiary/aromatic N) is 1. The summed E-state index contributed by atoms with van der Waals surface area (Å²) in [4.78, 5) is 17.1. The summed E-state index contributed by atoms with van der Waals surface area (Å²) in [5, 5.41) is 2.74. The molecule has 4 aromatic rings. The molecule has 174 valence electrons. The highest BCUT2D eigenvalue weighted by Crippen LogP contribution is 2.35. The predicted octanol–water partition coefficient (Wildman–Crippen LogP) is 5.83. The van der Waals surface area contributed by atoms with Gasteiger partial charge in [0.1, 0.15) is 0 Å². The Labute approximate surface area is 203 Å². The van der Waals surface area contributed by atoms with E-state index in [1.54, 1.807) is 36.4 Å². The maximum atomic E-state index is 13.4. The van der Waals surface area contributed by atoms with Gasteiger partial charge in [0, 0.05) is 11.3 Å². The summed E-state index contributed by atoms with van der Waals surface area (Å²) in [7, 11) is -3.95. The van der Waals surface area contributed by atoms with Crippen molar-refractivity contribution in [1.29, 1.82) is 0 Å². The van der Waals surface area contributed by atoms with Gasteiger partial charge in [-0.05, 0) is 68.3 Å². The lowest BCUT2D eigenvalue weighted by atomic mass is 10.1. The van der Waals surface area contributed by atoms with E-state index in [2.05, 4.69) is 10.3 Å². The molecule has 3 aromatic carbocycles. The Balaban J connectivity index is 1.63. The lowest BCUT2D eigenvalue weighted by Crippen LogP contribution is -2.14. The lowest BCUT2D eigenvalue weighted by Gasteiger charge is -2.07. The molecule has 0 atom stereocenters. The minimum Gasteiger partial charge on any atom is -0.428 e. The van der Waals surface area contributed by atoms with Crippen LogP contribution in [0.15, 0.2) is 92.2 Å². The number of carbonyl (C=O) groups excluding carboxylic acids is 1. The number of sulfone groups is 1. The van der Waals surface area contributed by atoms with Gasteiger partial charge in [0.05, 0.1) is 10.6 Å². The number of rotatable bonds is 7. The molecule has 1 amide bonds. The van der Waals surface area contributed by atoms with Gasteiger partial charge in [0.2, 0.25) is 31.8 Å². The number of carbonyl (C=O) groups is 1. The minimum absolute atomic E-state index is 0.0349. The molecule has 0 aliphatic carbocycles. The van der Waals surface area contributed by atoms with E-state index in [4.69, 9.17) is 4.42 Å². The Kier molecular flexibility index (Phi) is 6.90. The van der Waals surface area contributed by atoms with Crippen LogP contribution < -0.4 is 5.32 Å². The quantitative estimate of drug-likeness (QED) is 0.327. The maximum absolute atomic E-state index is 13.4. The van der Waals surface area contributed by atoms with Gasteiger partial charge in [0.15, 0.2) is 0 Å². The number of nitrogens with one attached hydrogen (secondary N) is 1. The van der Waals surface area contributed by atoms with Crippen molar-refractivity contribution >= 4 is 33.2 Å². The number of hydrogen-bond donors (Lipinski definition) is 1. The lowest BCUT2D eigenvalue weighted by molar-refractivity contribution is -0.113. The van der Waals surface area contributed by atoms with Crippen molar-refractivity contribution in [2.24, 2.45) is 0 Å². The summed E-state index contributed by atoms with van der Waals surface area (Å²) in [6.45, 7) is 5.80. The van der Waals surface area contributed by atoms with Crippen LogP contribution in [0, 0.1) is 20.8 Å². The third-order valence-electron chi connectivity index (χ3n) is 5.01. The van der Waals surface area contributed by atoms with Crippen molar-refractivity contribution < 1.29 is 17.6 Å². The predicted molar refractivity (Wildman–Crippen MR) is 134 cm³/mol. The third-order valence-corrected chi connectivity index (χ3v) is 7.77. The van der Waals surface area contributed by atoms with Crippen LogP contribution in [-0.2, 0) is 14.6 Å². The number of oxazole rings is 1. The first-order valence-corrected chi connectivity index (χ1v) is 13.1.